The molecule has 2 rings (SSSR count). The molecule has 0 N–H and O–H groups in total. The third-order valence-electron chi connectivity index (χ3n) is 3.91. The second kappa shape index (κ2) is 7.19. The van der Waals surface area contributed by atoms with Gasteiger partial charge in [0.25, 0.3) is 0 Å². The molecule has 0 bridgehead atoms. The zero-order valence-electron chi connectivity index (χ0n) is 12.4. The minimum Gasteiger partial charge on any atom is -0.497 e. The van der Waals surface area contributed by atoms with Crippen LogP contribution in [0.4, 0.5) is 0 Å². The maximum atomic E-state index is 6.56. The summed E-state index contributed by atoms with van der Waals surface area (Å²) in [7, 11) is 3.31. The largest absolute Gasteiger partial charge is 0.497 e. The van der Waals surface area contributed by atoms with Crippen molar-refractivity contribution in [2.24, 2.45) is 5.92 Å². The van der Waals surface area contributed by atoms with Crippen molar-refractivity contribution in [3.8, 4) is 11.5 Å². The van der Waals surface area contributed by atoms with Crippen LogP contribution in [0.5, 0.6) is 11.5 Å². The molecule has 0 aromatic heterocycles. The van der Waals surface area contributed by atoms with Crippen molar-refractivity contribution in [1.82, 2.24) is 0 Å². The number of alkyl halides is 1. The Hall–Kier alpha value is -0.930. The SMILES string of the molecule is CCOC1CC(CC(Cl)c2ccc(OC)cc2OC)C1. The summed E-state index contributed by atoms with van der Waals surface area (Å²) in [6, 6.07) is 5.81. The highest BCUT2D eigenvalue weighted by Crippen LogP contribution is 2.42. The molecule has 1 fully saturated rings. The van der Waals surface area contributed by atoms with E-state index in [2.05, 4.69) is 0 Å². The first-order valence-corrected chi connectivity index (χ1v) is 7.59. The quantitative estimate of drug-likeness (QED) is 0.707. The Morgan fingerprint density at radius 3 is 2.60 bits per heavy atom. The molecule has 0 spiro atoms. The van der Waals surface area contributed by atoms with E-state index in [0.29, 0.717) is 12.0 Å². The molecule has 1 saturated carbocycles. The van der Waals surface area contributed by atoms with Gasteiger partial charge in [-0.25, -0.2) is 0 Å². The summed E-state index contributed by atoms with van der Waals surface area (Å²) in [5, 5.41) is -0.0246. The molecule has 0 aliphatic heterocycles. The molecule has 0 saturated heterocycles. The summed E-state index contributed by atoms with van der Waals surface area (Å²) in [5.74, 6) is 2.24. The lowest BCUT2D eigenvalue weighted by Gasteiger charge is -2.36. The Morgan fingerprint density at radius 2 is 2.00 bits per heavy atom. The van der Waals surface area contributed by atoms with Gasteiger partial charge in [-0.15, -0.1) is 11.6 Å². The minimum absolute atomic E-state index is 0.0246. The van der Waals surface area contributed by atoms with Gasteiger partial charge in [0.05, 0.1) is 25.7 Å². The fourth-order valence-corrected chi connectivity index (χ4v) is 3.17. The van der Waals surface area contributed by atoms with E-state index in [1.165, 1.54) is 0 Å². The van der Waals surface area contributed by atoms with E-state index in [0.717, 1.165) is 42.9 Å². The summed E-state index contributed by atoms with van der Waals surface area (Å²) in [5.41, 5.74) is 1.04. The Bertz CT molecular complexity index is 430. The van der Waals surface area contributed by atoms with Crippen molar-refractivity contribution in [1.29, 1.82) is 0 Å². The molecule has 4 heteroatoms. The number of methoxy groups -OCH3 is 2. The smallest absolute Gasteiger partial charge is 0.127 e. The summed E-state index contributed by atoms with van der Waals surface area (Å²) in [6.07, 6.45) is 3.64. The predicted molar refractivity (Wildman–Crippen MR) is 80.9 cm³/mol. The van der Waals surface area contributed by atoms with Crippen molar-refractivity contribution in [3.05, 3.63) is 23.8 Å². The standard InChI is InChI=1S/C16H23ClO3/c1-4-20-13-7-11(8-13)9-15(17)14-6-5-12(18-2)10-16(14)19-3/h5-6,10-11,13,15H,4,7-9H2,1-3H3. The van der Waals surface area contributed by atoms with Gasteiger partial charge >= 0.3 is 0 Å². The second-order valence-electron chi connectivity index (χ2n) is 5.23. The number of benzene rings is 1. The van der Waals surface area contributed by atoms with Crippen LogP contribution < -0.4 is 9.47 Å². The molecule has 20 heavy (non-hydrogen) atoms. The van der Waals surface area contributed by atoms with Crippen LogP contribution in [0.2, 0.25) is 0 Å². The highest BCUT2D eigenvalue weighted by atomic mass is 35.5. The number of hydrogen-bond donors (Lipinski definition) is 0. The summed E-state index contributed by atoms with van der Waals surface area (Å²) < 4.78 is 16.2. The van der Waals surface area contributed by atoms with Gasteiger partial charge < -0.3 is 14.2 Å². The Balaban J connectivity index is 1.94. The van der Waals surface area contributed by atoms with E-state index in [-0.39, 0.29) is 5.38 Å². The molecule has 0 amide bonds. The molecule has 1 unspecified atom stereocenters. The van der Waals surface area contributed by atoms with Crippen LogP contribution in [0.3, 0.4) is 0 Å². The van der Waals surface area contributed by atoms with Gasteiger partial charge in [-0.3, -0.25) is 0 Å². The topological polar surface area (TPSA) is 27.7 Å². The first-order chi connectivity index (χ1) is 9.67. The van der Waals surface area contributed by atoms with Crippen LogP contribution in [0.15, 0.2) is 18.2 Å². The Morgan fingerprint density at radius 1 is 1.25 bits per heavy atom. The first-order valence-electron chi connectivity index (χ1n) is 7.15. The lowest BCUT2D eigenvalue weighted by atomic mass is 9.78. The fraction of sp³-hybridized carbons (Fsp3) is 0.625. The van der Waals surface area contributed by atoms with Gasteiger partial charge in [0.15, 0.2) is 0 Å². The van der Waals surface area contributed by atoms with Crippen LogP contribution in [0, 0.1) is 5.92 Å². The molecule has 3 nitrogen and oxygen atoms in total. The van der Waals surface area contributed by atoms with Gasteiger partial charge in [-0.05, 0) is 38.2 Å². The van der Waals surface area contributed by atoms with Crippen molar-refractivity contribution in [3.63, 3.8) is 0 Å². The van der Waals surface area contributed by atoms with Crippen LogP contribution in [-0.4, -0.2) is 26.9 Å². The number of rotatable bonds is 7. The minimum atomic E-state index is -0.0246. The zero-order valence-corrected chi connectivity index (χ0v) is 13.2. The molecule has 1 aromatic carbocycles. The molecular weight excluding hydrogens is 276 g/mol. The van der Waals surface area contributed by atoms with E-state index < -0.39 is 0 Å². The van der Waals surface area contributed by atoms with E-state index in [1.54, 1.807) is 14.2 Å². The van der Waals surface area contributed by atoms with Gasteiger partial charge in [0.1, 0.15) is 11.5 Å². The molecule has 1 atom stereocenters. The van der Waals surface area contributed by atoms with E-state index in [9.17, 15) is 0 Å². The lowest BCUT2D eigenvalue weighted by molar-refractivity contribution is -0.0267. The maximum Gasteiger partial charge on any atom is 0.127 e. The summed E-state index contributed by atoms with van der Waals surface area (Å²) in [4.78, 5) is 0. The summed E-state index contributed by atoms with van der Waals surface area (Å²) in [6.45, 7) is 2.84. The van der Waals surface area contributed by atoms with Gasteiger partial charge in [-0.1, -0.05) is 6.07 Å². The molecule has 1 aromatic rings. The highest BCUT2D eigenvalue weighted by Gasteiger charge is 2.31. The normalized spacial score (nSPS) is 23.0. The van der Waals surface area contributed by atoms with Crippen LogP contribution in [0.1, 0.15) is 37.1 Å². The fourth-order valence-electron chi connectivity index (χ4n) is 2.74. The van der Waals surface area contributed by atoms with Crippen molar-refractivity contribution < 1.29 is 14.2 Å². The van der Waals surface area contributed by atoms with Gasteiger partial charge in [0, 0.05) is 18.2 Å². The summed E-state index contributed by atoms with van der Waals surface area (Å²) >= 11 is 6.56. The second-order valence-corrected chi connectivity index (χ2v) is 5.75. The zero-order chi connectivity index (χ0) is 14.5. The maximum absolute atomic E-state index is 6.56. The van der Waals surface area contributed by atoms with Crippen LogP contribution in [0.25, 0.3) is 0 Å². The highest BCUT2D eigenvalue weighted by molar-refractivity contribution is 6.21. The van der Waals surface area contributed by atoms with Crippen molar-refractivity contribution in [2.45, 2.75) is 37.7 Å². The Labute approximate surface area is 126 Å². The van der Waals surface area contributed by atoms with Gasteiger partial charge in [0.2, 0.25) is 0 Å². The molecular formula is C16H23ClO3. The Kier molecular flexibility index (Phi) is 5.55. The molecule has 112 valence electrons. The van der Waals surface area contributed by atoms with E-state index >= 15 is 0 Å². The molecule has 0 radical (unpaired) electrons. The number of hydrogen-bond acceptors (Lipinski definition) is 3. The lowest BCUT2D eigenvalue weighted by Crippen LogP contribution is -2.31. The third-order valence-corrected chi connectivity index (χ3v) is 4.33. The number of halogens is 1. The predicted octanol–water partition coefficient (Wildman–Crippen LogP) is 4.19. The molecule has 1 aliphatic rings. The monoisotopic (exact) mass is 298 g/mol. The molecule has 0 heterocycles. The van der Waals surface area contributed by atoms with Gasteiger partial charge in [-0.2, -0.15) is 0 Å². The average molecular weight is 299 g/mol. The first kappa shape index (κ1) is 15.5. The third kappa shape index (κ3) is 3.58. The molecule has 1 aliphatic carbocycles. The van der Waals surface area contributed by atoms with E-state index in [1.807, 2.05) is 25.1 Å². The number of ether oxygens (including phenoxy) is 3. The van der Waals surface area contributed by atoms with Crippen LogP contribution >= 0.6 is 11.6 Å². The van der Waals surface area contributed by atoms with Crippen molar-refractivity contribution >= 4 is 11.6 Å². The average Bonchev–Trinajstić information content (AvgIpc) is 2.44. The van der Waals surface area contributed by atoms with E-state index in [4.69, 9.17) is 25.8 Å². The van der Waals surface area contributed by atoms with Crippen molar-refractivity contribution in [2.75, 3.05) is 20.8 Å². The van der Waals surface area contributed by atoms with Crippen LogP contribution in [-0.2, 0) is 4.74 Å².